The van der Waals surface area contributed by atoms with Crippen LogP contribution < -0.4 is 4.74 Å². The lowest BCUT2D eigenvalue weighted by molar-refractivity contribution is -0.115. The number of carbonyl (C=O) groups is 1. The summed E-state index contributed by atoms with van der Waals surface area (Å²) in [5.41, 5.74) is 2.86. The predicted molar refractivity (Wildman–Crippen MR) is 156 cm³/mol. The third-order valence-corrected chi connectivity index (χ3v) is 8.97. The first kappa shape index (κ1) is 30.7. The van der Waals surface area contributed by atoms with Gasteiger partial charge in [0.1, 0.15) is 12.4 Å². The van der Waals surface area contributed by atoms with Crippen LogP contribution in [-0.2, 0) is 4.79 Å². The fourth-order valence-corrected chi connectivity index (χ4v) is 6.31. The number of aliphatic hydroxyl groups excluding tert-OH is 1. The van der Waals surface area contributed by atoms with E-state index < -0.39 is 0 Å². The van der Waals surface area contributed by atoms with Gasteiger partial charge in [-0.25, -0.2) is 0 Å². The van der Waals surface area contributed by atoms with Gasteiger partial charge in [-0.2, -0.15) is 0 Å². The Kier molecular flexibility index (Phi) is 12.3. The highest BCUT2D eigenvalue weighted by molar-refractivity contribution is 8.01. The van der Waals surface area contributed by atoms with E-state index in [2.05, 4.69) is 41.5 Å². The van der Waals surface area contributed by atoms with Crippen LogP contribution in [-0.4, -0.2) is 29.9 Å². The number of rotatable bonds is 10. The first-order valence-electron chi connectivity index (χ1n) is 13.8. The van der Waals surface area contributed by atoms with E-state index in [0.29, 0.717) is 30.6 Å². The predicted octanol–water partition coefficient (Wildman–Crippen LogP) is 8.55. The lowest BCUT2D eigenvalue weighted by Gasteiger charge is -2.39. The zero-order valence-corrected chi connectivity index (χ0v) is 24.6. The number of hydrogen-bond acceptors (Lipinski definition) is 4. The van der Waals surface area contributed by atoms with Gasteiger partial charge in [0.15, 0.2) is 5.78 Å². The van der Waals surface area contributed by atoms with Crippen LogP contribution in [0.2, 0.25) is 0 Å². The minimum atomic E-state index is -0.137. The van der Waals surface area contributed by atoms with Crippen molar-refractivity contribution in [2.45, 2.75) is 99.0 Å². The molecule has 36 heavy (non-hydrogen) atoms. The monoisotopic (exact) mass is 514 g/mol. The maximum atomic E-state index is 11.8. The molecule has 1 aromatic rings. The van der Waals surface area contributed by atoms with E-state index in [0.717, 1.165) is 50.7 Å². The molecule has 0 amide bonds. The maximum absolute atomic E-state index is 11.8. The second-order valence-electron chi connectivity index (χ2n) is 11.7. The fourth-order valence-electron chi connectivity index (χ4n) is 6.04. The van der Waals surface area contributed by atoms with Crippen molar-refractivity contribution in [1.82, 2.24) is 0 Å². The van der Waals surface area contributed by atoms with Crippen molar-refractivity contribution in [3.05, 3.63) is 53.0 Å². The van der Waals surface area contributed by atoms with Gasteiger partial charge in [-0.3, -0.25) is 4.79 Å². The molecule has 1 N–H and O–H groups in total. The van der Waals surface area contributed by atoms with Gasteiger partial charge in [0.2, 0.25) is 0 Å². The van der Waals surface area contributed by atoms with Crippen molar-refractivity contribution >= 4 is 17.5 Å². The summed E-state index contributed by atoms with van der Waals surface area (Å²) in [4.78, 5) is 11.8. The van der Waals surface area contributed by atoms with Crippen molar-refractivity contribution < 1.29 is 14.6 Å². The summed E-state index contributed by atoms with van der Waals surface area (Å²) in [5.74, 6) is 2.45. The average Bonchev–Trinajstić information content (AvgIpc) is 3.13. The molecule has 0 spiro atoms. The van der Waals surface area contributed by atoms with Gasteiger partial charge in [0.25, 0.3) is 0 Å². The Labute approximate surface area is 225 Å². The van der Waals surface area contributed by atoms with E-state index in [-0.39, 0.29) is 16.9 Å². The van der Waals surface area contributed by atoms with E-state index in [1.807, 2.05) is 48.1 Å². The van der Waals surface area contributed by atoms with Crippen molar-refractivity contribution in [3.8, 4) is 5.75 Å². The molecule has 1 aromatic carbocycles. The van der Waals surface area contributed by atoms with Crippen molar-refractivity contribution in [2.24, 2.45) is 22.7 Å². The number of ether oxygens (including phenoxy) is 1. The molecular weight excluding hydrogens is 464 g/mol. The number of hydrogen-bond donors (Lipinski definition) is 1. The molecular formula is C32H50O3S. The molecule has 4 atom stereocenters. The Morgan fingerprint density at radius 2 is 1.89 bits per heavy atom. The molecule has 0 aliphatic heterocycles. The standard InChI is InChI=1S/C21H36O2.C11H14OS/c1-6-12-21(5)18(9-10-19(21)23)15(2)7-8-16-14-17(22)11-13-20(16,3)4;1-10-4-6-11(7-5-10)12-8-3-9-13-2/h14-15,18-19,23H,6-13H2,1-5H3;3-7,9H,8H2,1-2H3/b;9-3+. The second-order valence-corrected chi connectivity index (χ2v) is 12.5. The first-order valence-corrected chi connectivity index (χ1v) is 15.1. The normalized spacial score (nSPS) is 26.3. The summed E-state index contributed by atoms with van der Waals surface area (Å²) in [5, 5.41) is 12.5. The lowest BCUT2D eigenvalue weighted by Crippen LogP contribution is -2.35. The van der Waals surface area contributed by atoms with Gasteiger partial charge >= 0.3 is 0 Å². The van der Waals surface area contributed by atoms with Crippen molar-refractivity contribution in [2.75, 3.05) is 12.9 Å². The zero-order valence-electron chi connectivity index (χ0n) is 23.8. The van der Waals surface area contributed by atoms with E-state index in [9.17, 15) is 9.90 Å². The molecule has 3 rings (SSSR count). The molecule has 3 nitrogen and oxygen atoms in total. The van der Waals surface area contributed by atoms with Crippen LogP contribution in [0.4, 0.5) is 0 Å². The van der Waals surface area contributed by atoms with Crippen LogP contribution >= 0.6 is 11.8 Å². The third-order valence-electron chi connectivity index (χ3n) is 8.50. The molecule has 0 saturated heterocycles. The van der Waals surface area contributed by atoms with Crippen LogP contribution in [0.25, 0.3) is 0 Å². The summed E-state index contributed by atoms with van der Waals surface area (Å²) >= 11 is 1.68. The van der Waals surface area contributed by atoms with Gasteiger partial charge in [0.05, 0.1) is 6.10 Å². The number of carbonyl (C=O) groups excluding carboxylic acids is 1. The van der Waals surface area contributed by atoms with Crippen LogP contribution in [0, 0.1) is 29.6 Å². The molecule has 2 aliphatic rings. The number of aryl methyl sites for hydroxylation is 1. The Balaban J connectivity index is 0.000000297. The molecule has 0 bridgehead atoms. The van der Waals surface area contributed by atoms with E-state index >= 15 is 0 Å². The minimum absolute atomic E-state index is 0.0838. The third kappa shape index (κ3) is 8.80. The highest BCUT2D eigenvalue weighted by Crippen LogP contribution is 2.51. The number of benzene rings is 1. The second kappa shape index (κ2) is 14.4. The van der Waals surface area contributed by atoms with Crippen molar-refractivity contribution in [1.29, 1.82) is 0 Å². The summed E-state index contributed by atoms with van der Waals surface area (Å²) < 4.78 is 5.46. The fraction of sp³-hybridized carbons (Fsp3) is 0.656. The summed E-state index contributed by atoms with van der Waals surface area (Å²) in [6.07, 6.45) is 14.1. The molecule has 0 heterocycles. The van der Waals surface area contributed by atoms with Crippen molar-refractivity contribution in [3.63, 3.8) is 0 Å². The van der Waals surface area contributed by atoms with Gasteiger partial charge in [-0.05, 0) is 104 Å². The molecule has 202 valence electrons. The molecule has 2 aliphatic carbocycles. The number of ketones is 1. The SMILES string of the molecule is CCCC1(C)C(O)CCC1C(C)CCC1=CC(=O)CCC1(C)C.CS/C=C/COc1ccc(C)cc1. The lowest BCUT2D eigenvalue weighted by atomic mass is 9.67. The van der Waals surface area contributed by atoms with Crippen LogP contribution in [0.3, 0.4) is 0 Å². The van der Waals surface area contributed by atoms with E-state index in [1.54, 1.807) is 11.8 Å². The van der Waals surface area contributed by atoms with Gasteiger partial charge in [-0.15, -0.1) is 11.8 Å². The van der Waals surface area contributed by atoms with Crippen LogP contribution in [0.1, 0.15) is 91.5 Å². The Morgan fingerprint density at radius 3 is 2.53 bits per heavy atom. The Morgan fingerprint density at radius 1 is 1.19 bits per heavy atom. The highest BCUT2D eigenvalue weighted by Gasteiger charge is 2.47. The summed E-state index contributed by atoms with van der Waals surface area (Å²) in [6.45, 7) is 14.1. The van der Waals surface area contributed by atoms with Gasteiger partial charge < -0.3 is 9.84 Å². The largest absolute Gasteiger partial charge is 0.490 e. The van der Waals surface area contributed by atoms with E-state index in [1.165, 1.54) is 11.1 Å². The molecule has 0 aromatic heterocycles. The number of aliphatic hydroxyl groups is 1. The average molecular weight is 515 g/mol. The first-order chi connectivity index (χ1) is 17.0. The van der Waals surface area contributed by atoms with Crippen LogP contribution in [0.15, 0.2) is 47.4 Å². The van der Waals surface area contributed by atoms with Crippen LogP contribution in [0.5, 0.6) is 5.75 Å². The quantitative estimate of drug-likeness (QED) is 0.340. The number of allylic oxidation sites excluding steroid dienone is 2. The number of thioether (sulfide) groups is 1. The Bertz CT molecular complexity index is 870. The molecule has 4 unspecified atom stereocenters. The molecule has 1 saturated carbocycles. The zero-order chi connectivity index (χ0) is 26.8. The molecule has 0 radical (unpaired) electrons. The van der Waals surface area contributed by atoms with E-state index in [4.69, 9.17) is 4.74 Å². The topological polar surface area (TPSA) is 46.5 Å². The smallest absolute Gasteiger partial charge is 0.155 e. The maximum Gasteiger partial charge on any atom is 0.155 e. The molecule has 1 fully saturated rings. The molecule has 4 heteroatoms. The van der Waals surface area contributed by atoms with Gasteiger partial charge in [-0.1, -0.05) is 64.3 Å². The highest BCUT2D eigenvalue weighted by atomic mass is 32.2. The summed E-state index contributed by atoms with van der Waals surface area (Å²) in [6, 6.07) is 8.08. The summed E-state index contributed by atoms with van der Waals surface area (Å²) in [7, 11) is 0. The Hall–Kier alpha value is -1.52. The minimum Gasteiger partial charge on any atom is -0.490 e. The van der Waals surface area contributed by atoms with Gasteiger partial charge in [0, 0.05) is 6.42 Å².